The number of hydrogen-bond acceptors (Lipinski definition) is 21. The van der Waals surface area contributed by atoms with Crippen LogP contribution in [0.15, 0.2) is 0 Å². The molecule has 6 rings (SSSR count). The molecule has 6 heterocycles. The molecular weight excluding hydrogens is 1030 g/mol. The lowest BCUT2D eigenvalue weighted by molar-refractivity contribution is 0.0668. The van der Waals surface area contributed by atoms with Gasteiger partial charge in [-0.15, -0.1) is 0 Å². The van der Waals surface area contributed by atoms with E-state index in [9.17, 15) is 0 Å². The molecule has 0 aromatic heterocycles. The largest absolute Gasteiger partial charge is 0.330 e. The number of likely N-dealkylation sites (N-methyl/N-ethyl adjacent to an activating group) is 3. The zero-order chi connectivity index (χ0) is 61.6. The molecular formula is C61H143N21. The van der Waals surface area contributed by atoms with Crippen molar-refractivity contribution >= 4 is 0 Å². The van der Waals surface area contributed by atoms with Crippen LogP contribution in [0, 0.1) is 11.8 Å². The van der Waals surface area contributed by atoms with E-state index in [0.29, 0.717) is 48.1 Å². The summed E-state index contributed by atoms with van der Waals surface area (Å²) in [4.78, 5) is 29.6. The molecule has 492 valence electrons. The number of hydrogen-bond donors (Lipinski definition) is 9. The van der Waals surface area contributed by atoms with Crippen LogP contribution in [-0.4, -0.2) is 350 Å². The summed E-state index contributed by atoms with van der Waals surface area (Å²) in [5, 5.41) is 0. The molecule has 0 bridgehead atoms. The molecule has 10 atom stereocenters. The molecule has 0 aliphatic carbocycles. The molecule has 10 unspecified atom stereocenters. The highest BCUT2D eigenvalue weighted by Gasteiger charge is 2.27. The number of nitrogens with two attached hydrogens (primary N) is 9. The minimum atomic E-state index is 0.248. The highest BCUT2D eigenvalue weighted by Crippen LogP contribution is 2.13. The van der Waals surface area contributed by atoms with E-state index in [1.807, 2.05) is 0 Å². The van der Waals surface area contributed by atoms with Crippen molar-refractivity contribution in [2.45, 2.75) is 144 Å². The van der Waals surface area contributed by atoms with Crippen LogP contribution < -0.4 is 51.6 Å². The van der Waals surface area contributed by atoms with E-state index in [0.717, 1.165) is 111 Å². The quantitative estimate of drug-likeness (QED) is 0.0566. The second kappa shape index (κ2) is 47.2. The average Bonchev–Trinajstić information content (AvgIpc) is 3.49. The monoisotopic (exact) mass is 1170 g/mol. The minimum Gasteiger partial charge on any atom is -0.330 e. The summed E-state index contributed by atoms with van der Waals surface area (Å²) in [6.07, 6.45) is 3.33. The lowest BCUT2D eigenvalue weighted by atomic mass is 10.1. The average molecular weight is 1170 g/mol. The van der Waals surface area contributed by atoms with Crippen molar-refractivity contribution in [2.24, 2.45) is 63.4 Å². The summed E-state index contributed by atoms with van der Waals surface area (Å²) in [6.45, 7) is 63.3. The fourth-order valence-corrected chi connectivity index (χ4v) is 11.0. The Morgan fingerprint density at radius 2 is 0.646 bits per heavy atom. The van der Waals surface area contributed by atoms with Crippen LogP contribution in [0.5, 0.6) is 0 Å². The maximum Gasteiger partial charge on any atom is 0.0217 e. The first-order chi connectivity index (χ1) is 38.9. The van der Waals surface area contributed by atoms with Gasteiger partial charge in [-0.25, -0.2) is 0 Å². The lowest BCUT2D eigenvalue weighted by Crippen LogP contribution is -2.57. The highest BCUT2D eigenvalue weighted by atomic mass is 15.3. The van der Waals surface area contributed by atoms with Crippen molar-refractivity contribution in [1.82, 2.24) is 58.8 Å². The first-order valence-corrected chi connectivity index (χ1v) is 33.2. The van der Waals surface area contributed by atoms with Gasteiger partial charge in [0.1, 0.15) is 0 Å². The van der Waals surface area contributed by atoms with Gasteiger partial charge in [0.25, 0.3) is 0 Å². The Morgan fingerprint density at radius 3 is 0.939 bits per heavy atom. The molecule has 18 N–H and O–H groups in total. The van der Waals surface area contributed by atoms with Gasteiger partial charge in [0.05, 0.1) is 0 Å². The van der Waals surface area contributed by atoms with E-state index in [4.69, 9.17) is 51.6 Å². The number of piperazine rings is 6. The van der Waals surface area contributed by atoms with Crippen molar-refractivity contribution < 1.29 is 0 Å². The predicted octanol–water partition coefficient (Wildman–Crippen LogP) is -0.918. The van der Waals surface area contributed by atoms with E-state index in [2.05, 4.69) is 149 Å². The lowest BCUT2D eigenvalue weighted by Gasteiger charge is -2.42. The molecule has 6 aliphatic heterocycles. The number of rotatable bonds is 24. The first-order valence-electron chi connectivity index (χ1n) is 33.2. The molecule has 0 saturated carbocycles. The molecule has 6 aliphatic rings. The van der Waals surface area contributed by atoms with Crippen LogP contribution in [0.1, 0.15) is 95.4 Å². The van der Waals surface area contributed by atoms with Gasteiger partial charge in [0, 0.05) is 238 Å². The first kappa shape index (κ1) is 79.2. The van der Waals surface area contributed by atoms with Crippen LogP contribution in [0.4, 0.5) is 0 Å². The third-order valence-electron chi connectivity index (χ3n) is 17.7. The zero-order valence-electron chi connectivity index (χ0n) is 56.2. The fraction of sp³-hybridized carbons (Fsp3) is 1.00. The Morgan fingerprint density at radius 1 is 0.341 bits per heavy atom. The SMILES string of the molecule is CC(CN)CN1CCN(CC(C)CN)CC1.CC(N)C(C)N1CCN(C(C)C(C)N)CC1.CC(N)CCN1CCN(CCCN)CC1.CC(N)CN1CCN(C)CC1.CCC(N)CN1CCN(C)CC1.CCN1CCN(CC(C)N)CC1. The summed E-state index contributed by atoms with van der Waals surface area (Å²) >= 11 is 0. The van der Waals surface area contributed by atoms with Crippen molar-refractivity contribution in [3.63, 3.8) is 0 Å². The zero-order valence-corrected chi connectivity index (χ0v) is 56.2. The molecule has 6 fully saturated rings. The Hall–Kier alpha value is -0.840. The van der Waals surface area contributed by atoms with Gasteiger partial charge in [-0.1, -0.05) is 27.7 Å². The summed E-state index contributed by atoms with van der Waals surface area (Å²) in [5.74, 6) is 1.24. The van der Waals surface area contributed by atoms with E-state index in [1.165, 1.54) is 137 Å². The third-order valence-corrected chi connectivity index (χ3v) is 17.7. The maximum atomic E-state index is 5.93. The standard InChI is InChI=1S/2C12H28N4.C11H26N4.2C9H21N3.C8H19N3/c1-9(13)11(3)15-5-7-16(8-6-15)12(4)10(2)14;1-11(7-13)9-15-3-5-16(6-4-15)10-12(2)8-14;1-11(13)3-6-15-9-7-14(8-10-15)5-2-4-12;1-3-9(10)8-12-6-4-11(2)5-7-12;1-3-11-4-6-12(7-5-11)8-9(2)10;1-8(9)7-11-5-3-10(2)4-6-11/h9-12H,5-8,13-14H2,1-4H3;11-12H,3-10,13-14H2,1-2H3;11H,2-10,12-13H2,1H3;2*9H,3-8,10H2,1-2H3;8H,3-7,9H2,1-2H3. The van der Waals surface area contributed by atoms with E-state index in [-0.39, 0.29) is 12.1 Å². The van der Waals surface area contributed by atoms with Crippen molar-refractivity contribution in [1.29, 1.82) is 0 Å². The Balaban J connectivity index is 0.000000495. The Labute approximate surface area is 507 Å². The Kier molecular flexibility index (Phi) is 45.6. The van der Waals surface area contributed by atoms with Crippen molar-refractivity contribution in [2.75, 3.05) is 243 Å². The van der Waals surface area contributed by atoms with Crippen molar-refractivity contribution in [3.05, 3.63) is 0 Å². The maximum absolute atomic E-state index is 5.93. The second-order valence-corrected chi connectivity index (χ2v) is 26.2. The molecule has 6 saturated heterocycles. The predicted molar refractivity (Wildman–Crippen MR) is 355 cm³/mol. The van der Waals surface area contributed by atoms with Crippen LogP contribution in [0.25, 0.3) is 0 Å². The third kappa shape index (κ3) is 38.4. The van der Waals surface area contributed by atoms with Gasteiger partial charge in [0.2, 0.25) is 0 Å². The summed E-state index contributed by atoms with van der Waals surface area (Å²) in [7, 11) is 4.35. The van der Waals surface area contributed by atoms with E-state index >= 15 is 0 Å². The summed E-state index contributed by atoms with van der Waals surface area (Å²) < 4.78 is 0. The molecule has 0 aromatic carbocycles. The van der Waals surface area contributed by atoms with Crippen LogP contribution in [-0.2, 0) is 0 Å². The summed E-state index contributed by atoms with van der Waals surface area (Å²) in [5.41, 5.74) is 51.7. The summed E-state index contributed by atoms with van der Waals surface area (Å²) in [6, 6.07) is 2.79. The van der Waals surface area contributed by atoms with Gasteiger partial charge >= 0.3 is 0 Å². The molecule has 21 heteroatoms. The number of nitrogens with zero attached hydrogens (tertiary/aromatic N) is 12. The normalized spacial score (nSPS) is 24.4. The molecule has 82 heavy (non-hydrogen) atoms. The van der Waals surface area contributed by atoms with Crippen LogP contribution in [0.2, 0.25) is 0 Å². The second-order valence-electron chi connectivity index (χ2n) is 26.2. The molecule has 0 radical (unpaired) electrons. The highest BCUT2D eigenvalue weighted by molar-refractivity contribution is 4.85. The Bertz CT molecular complexity index is 1360. The van der Waals surface area contributed by atoms with Crippen LogP contribution >= 0.6 is 0 Å². The molecule has 21 nitrogen and oxygen atoms in total. The van der Waals surface area contributed by atoms with Crippen LogP contribution in [0.3, 0.4) is 0 Å². The fourth-order valence-electron chi connectivity index (χ4n) is 11.0. The van der Waals surface area contributed by atoms with Gasteiger partial charge in [-0.3, -0.25) is 24.5 Å². The van der Waals surface area contributed by atoms with E-state index in [1.54, 1.807) is 0 Å². The van der Waals surface area contributed by atoms with E-state index < -0.39 is 0 Å². The van der Waals surface area contributed by atoms with Crippen molar-refractivity contribution in [3.8, 4) is 0 Å². The van der Waals surface area contributed by atoms with Gasteiger partial charge in [0.15, 0.2) is 0 Å². The van der Waals surface area contributed by atoms with Gasteiger partial charge in [-0.2, -0.15) is 0 Å². The van der Waals surface area contributed by atoms with Gasteiger partial charge in [-0.05, 0) is 133 Å². The molecule has 0 amide bonds. The smallest absolute Gasteiger partial charge is 0.0217 e. The van der Waals surface area contributed by atoms with Gasteiger partial charge < -0.3 is 85.9 Å². The molecule has 0 aromatic rings. The topological polar surface area (TPSA) is 273 Å². The molecule has 0 spiro atoms. The minimum absolute atomic E-state index is 0.248.